The number of furan rings is 1. The summed E-state index contributed by atoms with van der Waals surface area (Å²) in [6.07, 6.45) is 1.65. The molecule has 5 aromatic rings. The van der Waals surface area contributed by atoms with E-state index >= 15 is 0 Å². The normalized spacial score (nSPS) is 12.0. The number of aromatic nitrogens is 3. The molecule has 0 saturated carbocycles. The van der Waals surface area contributed by atoms with Gasteiger partial charge in [0.2, 0.25) is 4.96 Å². The van der Waals surface area contributed by atoms with Crippen molar-refractivity contribution in [2.45, 2.75) is 13.5 Å². The van der Waals surface area contributed by atoms with Gasteiger partial charge in [0, 0.05) is 6.08 Å². The summed E-state index contributed by atoms with van der Waals surface area (Å²) in [4.78, 5) is 17.7. The fourth-order valence-corrected chi connectivity index (χ4v) is 4.64. The van der Waals surface area contributed by atoms with E-state index in [1.54, 1.807) is 36.4 Å². The van der Waals surface area contributed by atoms with Gasteiger partial charge in [-0.1, -0.05) is 58.3 Å². The standard InChI is InChI=1S/C23H15Cl2N3O3S/c1-13-5-7-14(8-6-13)30-12-20-26-23-28(27-20)22(29)19(32-23)11-15-9-10-18(31-15)21-16(24)3-2-4-17(21)25/h2-11H,12H2,1H3/b19-11-. The molecule has 0 atom stereocenters. The largest absolute Gasteiger partial charge is 0.486 e. The van der Waals surface area contributed by atoms with Crippen molar-refractivity contribution in [3.63, 3.8) is 0 Å². The molecular formula is C23H15Cl2N3O3S. The number of fused-ring (bicyclic) bond motifs is 1. The predicted molar refractivity (Wildman–Crippen MR) is 126 cm³/mol. The molecule has 0 aliphatic heterocycles. The molecule has 3 heterocycles. The van der Waals surface area contributed by atoms with E-state index in [0.29, 0.717) is 42.4 Å². The highest BCUT2D eigenvalue weighted by atomic mass is 35.5. The Balaban J connectivity index is 1.40. The zero-order valence-electron chi connectivity index (χ0n) is 16.7. The Morgan fingerprint density at radius 1 is 1.09 bits per heavy atom. The van der Waals surface area contributed by atoms with Crippen molar-refractivity contribution in [2.75, 3.05) is 0 Å². The molecule has 6 nitrogen and oxygen atoms in total. The zero-order valence-corrected chi connectivity index (χ0v) is 19.0. The van der Waals surface area contributed by atoms with Gasteiger partial charge in [-0.2, -0.15) is 9.50 Å². The molecule has 0 unspecified atom stereocenters. The van der Waals surface area contributed by atoms with E-state index < -0.39 is 0 Å². The van der Waals surface area contributed by atoms with E-state index in [9.17, 15) is 4.79 Å². The first-order valence-corrected chi connectivity index (χ1v) is 11.2. The minimum atomic E-state index is -0.271. The van der Waals surface area contributed by atoms with E-state index in [1.165, 1.54) is 15.9 Å². The fourth-order valence-electron chi connectivity index (χ4n) is 3.14. The molecule has 9 heteroatoms. The molecule has 32 heavy (non-hydrogen) atoms. The van der Waals surface area contributed by atoms with E-state index in [1.807, 2.05) is 31.2 Å². The topological polar surface area (TPSA) is 69.6 Å². The molecule has 0 N–H and O–H groups in total. The second-order valence-corrected chi connectivity index (χ2v) is 8.86. The van der Waals surface area contributed by atoms with Crippen molar-refractivity contribution >= 4 is 45.6 Å². The lowest BCUT2D eigenvalue weighted by Crippen LogP contribution is -2.23. The highest BCUT2D eigenvalue weighted by molar-refractivity contribution is 7.15. The number of benzene rings is 2. The molecule has 0 fully saturated rings. The van der Waals surface area contributed by atoms with Crippen molar-refractivity contribution in [2.24, 2.45) is 0 Å². The molecule has 160 valence electrons. The van der Waals surface area contributed by atoms with E-state index in [-0.39, 0.29) is 12.2 Å². The third-order valence-corrected chi connectivity index (χ3v) is 6.31. The molecule has 3 aromatic heterocycles. The first-order chi connectivity index (χ1) is 15.5. The fraction of sp³-hybridized carbons (Fsp3) is 0.0870. The number of rotatable bonds is 5. The van der Waals surface area contributed by atoms with E-state index in [4.69, 9.17) is 32.4 Å². The number of thiazole rings is 1. The quantitative estimate of drug-likeness (QED) is 0.345. The maximum atomic E-state index is 12.8. The van der Waals surface area contributed by atoms with Crippen molar-refractivity contribution < 1.29 is 9.15 Å². The van der Waals surface area contributed by atoms with Crippen LogP contribution >= 0.6 is 34.5 Å². The van der Waals surface area contributed by atoms with Crippen LogP contribution in [0.15, 0.2) is 63.8 Å². The minimum absolute atomic E-state index is 0.177. The average Bonchev–Trinajstić information content (AvgIpc) is 3.45. The number of hydrogen-bond donors (Lipinski definition) is 0. The first kappa shape index (κ1) is 20.8. The van der Waals surface area contributed by atoms with Crippen LogP contribution < -0.4 is 14.8 Å². The highest BCUT2D eigenvalue weighted by Crippen LogP contribution is 2.35. The smallest absolute Gasteiger partial charge is 0.291 e. The molecule has 0 radical (unpaired) electrons. The molecule has 2 aromatic carbocycles. The monoisotopic (exact) mass is 483 g/mol. The third kappa shape index (κ3) is 4.02. The molecule has 0 amide bonds. The zero-order chi connectivity index (χ0) is 22.2. The number of nitrogens with zero attached hydrogens (tertiary/aromatic N) is 3. The summed E-state index contributed by atoms with van der Waals surface area (Å²) < 4.78 is 13.3. The first-order valence-electron chi connectivity index (χ1n) is 9.62. The molecular weight excluding hydrogens is 469 g/mol. The SMILES string of the molecule is Cc1ccc(OCc2nc3s/c(=C\c4ccc(-c5c(Cl)cccc5Cl)o4)c(=O)n3n2)cc1. The van der Waals surface area contributed by atoms with Gasteiger partial charge in [0.25, 0.3) is 5.56 Å². The summed E-state index contributed by atoms with van der Waals surface area (Å²) in [6, 6.07) is 16.5. The van der Waals surface area contributed by atoms with Crippen LogP contribution in [0.5, 0.6) is 5.75 Å². The van der Waals surface area contributed by atoms with Gasteiger partial charge >= 0.3 is 0 Å². The van der Waals surface area contributed by atoms with Crippen LogP contribution in [-0.4, -0.2) is 14.6 Å². The van der Waals surface area contributed by atoms with Crippen molar-refractivity contribution in [1.82, 2.24) is 14.6 Å². The van der Waals surface area contributed by atoms with Gasteiger partial charge in [0.15, 0.2) is 5.82 Å². The number of halogens is 2. The Hall–Kier alpha value is -3.13. The van der Waals surface area contributed by atoms with Crippen LogP contribution in [0.25, 0.3) is 22.4 Å². The maximum absolute atomic E-state index is 12.8. The molecule has 0 spiro atoms. The molecule has 5 rings (SSSR count). The van der Waals surface area contributed by atoms with Crippen LogP contribution in [0.1, 0.15) is 17.1 Å². The van der Waals surface area contributed by atoms with Gasteiger partial charge in [-0.25, -0.2) is 0 Å². The van der Waals surface area contributed by atoms with Crippen LogP contribution in [0.3, 0.4) is 0 Å². The van der Waals surface area contributed by atoms with Gasteiger partial charge in [0.1, 0.15) is 28.4 Å². The van der Waals surface area contributed by atoms with E-state index in [2.05, 4.69) is 10.1 Å². The van der Waals surface area contributed by atoms with Gasteiger partial charge in [-0.05, 0) is 43.3 Å². The lowest BCUT2D eigenvalue weighted by molar-refractivity contribution is 0.296. The molecule has 0 bridgehead atoms. The summed E-state index contributed by atoms with van der Waals surface area (Å²) in [5.41, 5.74) is 1.49. The van der Waals surface area contributed by atoms with Crippen LogP contribution in [-0.2, 0) is 6.61 Å². The highest BCUT2D eigenvalue weighted by Gasteiger charge is 2.14. The minimum Gasteiger partial charge on any atom is -0.486 e. The Morgan fingerprint density at radius 3 is 2.56 bits per heavy atom. The summed E-state index contributed by atoms with van der Waals surface area (Å²) >= 11 is 13.7. The second kappa shape index (κ2) is 8.43. The Morgan fingerprint density at radius 2 is 1.84 bits per heavy atom. The summed E-state index contributed by atoms with van der Waals surface area (Å²) in [6.45, 7) is 2.19. The van der Waals surface area contributed by atoms with Gasteiger partial charge in [-0.15, -0.1) is 5.10 Å². The lowest BCUT2D eigenvalue weighted by atomic mass is 10.2. The van der Waals surface area contributed by atoms with Crippen LogP contribution in [0.2, 0.25) is 10.0 Å². The molecule has 0 aliphatic rings. The van der Waals surface area contributed by atoms with Crippen molar-refractivity contribution in [3.8, 4) is 17.1 Å². The van der Waals surface area contributed by atoms with Gasteiger partial charge < -0.3 is 9.15 Å². The summed E-state index contributed by atoms with van der Waals surface area (Å²) in [5.74, 6) is 2.18. The Kier molecular flexibility index (Phi) is 5.46. The van der Waals surface area contributed by atoms with Gasteiger partial charge in [-0.3, -0.25) is 4.79 Å². The van der Waals surface area contributed by atoms with Gasteiger partial charge in [0.05, 0.1) is 15.6 Å². The summed E-state index contributed by atoms with van der Waals surface area (Å²) in [5, 5.41) is 5.25. The number of ether oxygens (including phenoxy) is 1. The van der Waals surface area contributed by atoms with Crippen molar-refractivity contribution in [1.29, 1.82) is 0 Å². The Labute approximate surface area is 196 Å². The predicted octanol–water partition coefficient (Wildman–Crippen LogP) is 5.15. The molecule has 0 aliphatic carbocycles. The number of aryl methyl sites for hydroxylation is 1. The molecule has 0 saturated heterocycles. The van der Waals surface area contributed by atoms with Crippen molar-refractivity contribution in [3.05, 3.63) is 96.7 Å². The summed E-state index contributed by atoms with van der Waals surface area (Å²) in [7, 11) is 0. The van der Waals surface area contributed by atoms with E-state index in [0.717, 1.165) is 11.3 Å². The second-order valence-electron chi connectivity index (χ2n) is 7.04. The van der Waals surface area contributed by atoms with Crippen LogP contribution in [0, 0.1) is 6.92 Å². The lowest BCUT2D eigenvalue weighted by Gasteiger charge is -2.03. The average molecular weight is 484 g/mol. The van der Waals surface area contributed by atoms with Crippen LogP contribution in [0.4, 0.5) is 0 Å². The third-order valence-electron chi connectivity index (χ3n) is 4.72. The Bertz CT molecular complexity index is 1520. The number of hydrogen-bond acceptors (Lipinski definition) is 6. The maximum Gasteiger partial charge on any atom is 0.291 e.